The molecule has 1 aromatic carbocycles. The van der Waals surface area contributed by atoms with E-state index in [4.69, 9.17) is 13.9 Å². The van der Waals surface area contributed by atoms with Crippen LogP contribution in [0.25, 0.3) is 0 Å². The third-order valence-corrected chi connectivity index (χ3v) is 5.47. The van der Waals surface area contributed by atoms with Crippen molar-refractivity contribution in [1.82, 2.24) is 10.2 Å². The molecule has 0 aliphatic carbocycles. The molecule has 0 bridgehead atoms. The molecule has 0 spiro atoms. The van der Waals surface area contributed by atoms with E-state index in [9.17, 15) is 0 Å². The van der Waals surface area contributed by atoms with Crippen LogP contribution in [0.4, 0.5) is 0 Å². The molecule has 0 saturated carbocycles. The molecule has 1 saturated heterocycles. The van der Waals surface area contributed by atoms with Gasteiger partial charge in [0.15, 0.2) is 0 Å². The van der Waals surface area contributed by atoms with Gasteiger partial charge in [0, 0.05) is 31.1 Å². The number of hydrogen-bond donors (Lipinski definition) is 1. The van der Waals surface area contributed by atoms with E-state index < -0.39 is 0 Å². The summed E-state index contributed by atoms with van der Waals surface area (Å²) in [5.74, 6) is 2.91. The van der Waals surface area contributed by atoms with Gasteiger partial charge in [-0.3, -0.25) is 4.90 Å². The van der Waals surface area contributed by atoms with Gasteiger partial charge >= 0.3 is 0 Å². The van der Waals surface area contributed by atoms with Crippen molar-refractivity contribution in [2.24, 2.45) is 0 Å². The monoisotopic (exact) mass is 376 g/mol. The second-order valence-electron chi connectivity index (χ2n) is 6.43. The molecule has 2 heterocycles. The zero-order valence-electron chi connectivity index (χ0n) is 15.8. The quantitative estimate of drug-likeness (QED) is 0.712. The third-order valence-electron chi connectivity index (χ3n) is 4.69. The first-order chi connectivity index (χ1) is 12.7. The minimum Gasteiger partial charge on any atom is -0.496 e. The summed E-state index contributed by atoms with van der Waals surface area (Å²) in [4.78, 5) is 3.60. The van der Waals surface area contributed by atoms with Gasteiger partial charge in [-0.1, -0.05) is 6.07 Å². The number of ether oxygens (including phenoxy) is 2. The van der Waals surface area contributed by atoms with Gasteiger partial charge in [0.05, 0.1) is 26.4 Å². The standard InChI is InChI=1S/C20H28N2O3S/c1-15-4-6-18(25-15)17(22-8-10-24-11-9-22)14-21-13-16-5-7-20(26-3)19(12-16)23-2/h4-7,12,17,21H,8-11,13-14H2,1-3H3. The van der Waals surface area contributed by atoms with Crippen molar-refractivity contribution in [3.05, 3.63) is 47.4 Å². The van der Waals surface area contributed by atoms with Gasteiger partial charge in [0.2, 0.25) is 0 Å². The van der Waals surface area contributed by atoms with E-state index in [2.05, 4.69) is 40.7 Å². The zero-order valence-corrected chi connectivity index (χ0v) is 16.6. The van der Waals surface area contributed by atoms with Crippen LogP contribution < -0.4 is 10.1 Å². The third kappa shape index (κ3) is 4.82. The normalized spacial score (nSPS) is 16.6. The van der Waals surface area contributed by atoms with Crippen molar-refractivity contribution < 1.29 is 13.9 Å². The van der Waals surface area contributed by atoms with E-state index in [1.165, 1.54) is 5.56 Å². The molecule has 0 amide bonds. The van der Waals surface area contributed by atoms with E-state index in [0.717, 1.165) is 61.6 Å². The van der Waals surface area contributed by atoms with E-state index in [-0.39, 0.29) is 6.04 Å². The number of benzene rings is 1. The lowest BCUT2D eigenvalue weighted by Crippen LogP contribution is -2.42. The first-order valence-corrected chi connectivity index (χ1v) is 10.2. The van der Waals surface area contributed by atoms with E-state index >= 15 is 0 Å². The van der Waals surface area contributed by atoms with Gasteiger partial charge in [-0.15, -0.1) is 11.8 Å². The van der Waals surface area contributed by atoms with Crippen molar-refractivity contribution in [3.63, 3.8) is 0 Å². The summed E-state index contributed by atoms with van der Waals surface area (Å²) in [5, 5.41) is 3.59. The Labute approximate surface area is 160 Å². The molecule has 6 heteroatoms. The highest BCUT2D eigenvalue weighted by atomic mass is 32.2. The van der Waals surface area contributed by atoms with Crippen LogP contribution >= 0.6 is 11.8 Å². The summed E-state index contributed by atoms with van der Waals surface area (Å²) in [6.45, 7) is 7.05. The fourth-order valence-corrected chi connectivity index (χ4v) is 3.82. The van der Waals surface area contributed by atoms with Crippen LogP contribution in [0.1, 0.15) is 23.1 Å². The Morgan fingerprint density at radius 1 is 1.23 bits per heavy atom. The molecule has 1 atom stereocenters. The van der Waals surface area contributed by atoms with E-state index in [1.54, 1.807) is 18.9 Å². The molecule has 1 fully saturated rings. The molecule has 1 N–H and O–H groups in total. The van der Waals surface area contributed by atoms with Crippen molar-refractivity contribution in [3.8, 4) is 5.75 Å². The largest absolute Gasteiger partial charge is 0.496 e. The fraction of sp³-hybridized carbons (Fsp3) is 0.500. The van der Waals surface area contributed by atoms with Gasteiger partial charge in [-0.2, -0.15) is 0 Å². The molecule has 1 aliphatic rings. The second kappa shape index (κ2) is 9.46. The summed E-state index contributed by atoms with van der Waals surface area (Å²) >= 11 is 1.70. The number of nitrogens with zero attached hydrogens (tertiary/aromatic N) is 1. The number of aryl methyl sites for hydroxylation is 1. The first kappa shape index (κ1) is 19.3. The lowest BCUT2D eigenvalue weighted by molar-refractivity contribution is 0.0115. The van der Waals surface area contributed by atoms with Crippen LogP contribution in [-0.4, -0.2) is 51.1 Å². The van der Waals surface area contributed by atoms with Crippen molar-refractivity contribution in [2.75, 3.05) is 46.2 Å². The highest BCUT2D eigenvalue weighted by Crippen LogP contribution is 2.28. The molecule has 1 aromatic heterocycles. The Balaban J connectivity index is 1.64. The maximum Gasteiger partial charge on any atom is 0.132 e. The highest BCUT2D eigenvalue weighted by molar-refractivity contribution is 7.98. The molecular formula is C20H28N2O3S. The number of methoxy groups -OCH3 is 1. The van der Waals surface area contributed by atoms with Crippen LogP contribution in [0.5, 0.6) is 5.75 Å². The van der Waals surface area contributed by atoms with Crippen LogP contribution in [0.2, 0.25) is 0 Å². The number of rotatable bonds is 8. The Bertz CT molecular complexity index is 698. The average molecular weight is 377 g/mol. The molecule has 2 aromatic rings. The summed E-state index contributed by atoms with van der Waals surface area (Å²) in [6, 6.07) is 10.7. The van der Waals surface area contributed by atoms with Gasteiger partial charge in [0.25, 0.3) is 0 Å². The minimum atomic E-state index is 0.222. The summed E-state index contributed by atoms with van der Waals surface area (Å²) in [5.41, 5.74) is 1.22. The molecule has 1 aliphatic heterocycles. The van der Waals surface area contributed by atoms with Crippen LogP contribution in [0, 0.1) is 6.92 Å². The molecule has 0 radical (unpaired) electrons. The molecule has 1 unspecified atom stereocenters. The predicted molar refractivity (Wildman–Crippen MR) is 105 cm³/mol. The number of furan rings is 1. The Hall–Kier alpha value is -1.47. The molecule has 26 heavy (non-hydrogen) atoms. The fourth-order valence-electron chi connectivity index (χ4n) is 3.28. The molecular weight excluding hydrogens is 348 g/mol. The van der Waals surface area contributed by atoms with E-state index in [0.29, 0.717) is 0 Å². The SMILES string of the molecule is COc1cc(CNCC(c2ccc(C)o2)N2CCOCC2)ccc1SC. The summed E-state index contributed by atoms with van der Waals surface area (Å²) in [7, 11) is 1.72. The van der Waals surface area contributed by atoms with Gasteiger partial charge < -0.3 is 19.2 Å². The van der Waals surface area contributed by atoms with Gasteiger partial charge in [-0.05, 0) is 43.0 Å². The Morgan fingerprint density at radius 2 is 2.04 bits per heavy atom. The minimum absolute atomic E-state index is 0.222. The summed E-state index contributed by atoms with van der Waals surface area (Å²) in [6.07, 6.45) is 2.06. The second-order valence-corrected chi connectivity index (χ2v) is 7.28. The number of morpholine rings is 1. The van der Waals surface area contributed by atoms with Crippen molar-refractivity contribution >= 4 is 11.8 Å². The molecule has 3 rings (SSSR count). The number of hydrogen-bond acceptors (Lipinski definition) is 6. The number of nitrogens with one attached hydrogen (secondary N) is 1. The maximum absolute atomic E-state index is 5.92. The average Bonchev–Trinajstić information content (AvgIpc) is 3.11. The highest BCUT2D eigenvalue weighted by Gasteiger charge is 2.24. The number of thioether (sulfide) groups is 1. The predicted octanol–water partition coefficient (Wildman–Crippen LogP) is 3.48. The topological polar surface area (TPSA) is 46.9 Å². The van der Waals surface area contributed by atoms with Crippen LogP contribution in [0.15, 0.2) is 39.6 Å². The molecule has 5 nitrogen and oxygen atoms in total. The first-order valence-electron chi connectivity index (χ1n) is 9.01. The van der Waals surface area contributed by atoms with Crippen LogP contribution in [-0.2, 0) is 11.3 Å². The van der Waals surface area contributed by atoms with Crippen molar-refractivity contribution in [1.29, 1.82) is 0 Å². The van der Waals surface area contributed by atoms with Gasteiger partial charge in [0.1, 0.15) is 17.3 Å². The lowest BCUT2D eigenvalue weighted by Gasteiger charge is -2.33. The van der Waals surface area contributed by atoms with Gasteiger partial charge in [-0.25, -0.2) is 0 Å². The summed E-state index contributed by atoms with van der Waals surface area (Å²) < 4.78 is 16.9. The Morgan fingerprint density at radius 3 is 2.69 bits per heavy atom. The molecule has 142 valence electrons. The van der Waals surface area contributed by atoms with E-state index in [1.807, 2.05) is 13.0 Å². The maximum atomic E-state index is 5.92. The van der Waals surface area contributed by atoms with Crippen LogP contribution in [0.3, 0.4) is 0 Å². The smallest absolute Gasteiger partial charge is 0.132 e. The zero-order chi connectivity index (χ0) is 18.4. The van der Waals surface area contributed by atoms with Crippen molar-refractivity contribution in [2.45, 2.75) is 24.4 Å². The Kier molecular flexibility index (Phi) is 7.02. The lowest BCUT2D eigenvalue weighted by atomic mass is 10.1.